The van der Waals surface area contributed by atoms with Gasteiger partial charge in [0.15, 0.2) is 0 Å². The van der Waals surface area contributed by atoms with Gasteiger partial charge in [-0.3, -0.25) is 0 Å². The van der Waals surface area contributed by atoms with E-state index in [-0.39, 0.29) is 0 Å². The maximum atomic E-state index is 5.99. The first-order valence-corrected chi connectivity index (χ1v) is 8.66. The zero-order valence-electron chi connectivity index (χ0n) is 12.1. The third-order valence-corrected chi connectivity index (χ3v) is 4.61. The van der Waals surface area contributed by atoms with Crippen LogP contribution in [0.25, 0.3) is 0 Å². The molecule has 0 saturated heterocycles. The van der Waals surface area contributed by atoms with E-state index in [0.29, 0.717) is 0 Å². The molecule has 20 heavy (non-hydrogen) atoms. The molecule has 0 atom stereocenters. The first kappa shape index (κ1) is 16.1. The minimum atomic E-state index is 0.738. The lowest BCUT2D eigenvalue weighted by Crippen LogP contribution is -2.27. The molecule has 2 rings (SSSR count). The van der Waals surface area contributed by atoms with Crippen molar-refractivity contribution in [3.63, 3.8) is 0 Å². The molecule has 1 aliphatic rings. The van der Waals surface area contributed by atoms with Crippen molar-refractivity contribution in [3.05, 3.63) is 27.2 Å². The number of aryl methyl sites for hydroxylation is 1. The van der Waals surface area contributed by atoms with Gasteiger partial charge in [0.2, 0.25) is 0 Å². The van der Waals surface area contributed by atoms with Crippen molar-refractivity contribution in [2.45, 2.75) is 51.5 Å². The molecule has 0 radical (unpaired) electrons. The van der Waals surface area contributed by atoms with E-state index >= 15 is 0 Å². The van der Waals surface area contributed by atoms with E-state index < -0.39 is 0 Å². The molecule has 0 spiro atoms. The predicted octanol–water partition coefficient (Wildman–Crippen LogP) is 5.10. The molecule has 1 aromatic rings. The second-order valence-electron chi connectivity index (χ2n) is 5.52. The highest BCUT2D eigenvalue weighted by atomic mass is 79.9. The van der Waals surface area contributed by atoms with E-state index in [4.69, 9.17) is 16.3 Å². The maximum absolute atomic E-state index is 5.99. The molecule has 0 bridgehead atoms. The van der Waals surface area contributed by atoms with Crippen molar-refractivity contribution >= 4 is 27.5 Å². The fourth-order valence-corrected chi connectivity index (χ4v) is 3.79. The fourth-order valence-electron chi connectivity index (χ4n) is 2.71. The minimum Gasteiger partial charge on any atom is -0.492 e. The third kappa shape index (κ3) is 4.94. The average Bonchev–Trinajstić information content (AvgIpc) is 2.89. The Hall–Kier alpha value is -0.250. The van der Waals surface area contributed by atoms with Gasteiger partial charge in [-0.25, -0.2) is 0 Å². The smallest absolute Gasteiger partial charge is 0.136 e. The van der Waals surface area contributed by atoms with Crippen LogP contribution in [0, 0.1) is 6.92 Å². The number of nitrogens with one attached hydrogen (secondary N) is 1. The van der Waals surface area contributed by atoms with Gasteiger partial charge in [0.1, 0.15) is 5.75 Å². The van der Waals surface area contributed by atoms with Crippen LogP contribution >= 0.6 is 27.5 Å². The van der Waals surface area contributed by atoms with Crippen molar-refractivity contribution in [3.8, 4) is 5.75 Å². The fraction of sp³-hybridized carbons (Fsp3) is 0.625. The van der Waals surface area contributed by atoms with Crippen LogP contribution in [0.15, 0.2) is 16.6 Å². The highest BCUT2D eigenvalue weighted by Gasteiger charge is 2.13. The van der Waals surface area contributed by atoms with Gasteiger partial charge in [0.25, 0.3) is 0 Å². The second kappa shape index (κ2) is 8.26. The lowest BCUT2D eigenvalue weighted by molar-refractivity contribution is 0.300. The topological polar surface area (TPSA) is 21.3 Å². The Morgan fingerprint density at radius 3 is 2.75 bits per heavy atom. The molecule has 0 unspecified atom stereocenters. The van der Waals surface area contributed by atoms with Crippen LogP contribution in [-0.2, 0) is 0 Å². The minimum absolute atomic E-state index is 0.738. The van der Waals surface area contributed by atoms with Crippen LogP contribution in [-0.4, -0.2) is 19.2 Å². The van der Waals surface area contributed by atoms with E-state index in [0.717, 1.165) is 46.4 Å². The van der Waals surface area contributed by atoms with Crippen LogP contribution in [0.4, 0.5) is 0 Å². The SMILES string of the molecule is Cc1cc(Cl)cc(Br)c1OCCCCNC1CCCC1. The third-order valence-electron chi connectivity index (χ3n) is 3.80. The first-order chi connectivity index (χ1) is 9.66. The monoisotopic (exact) mass is 359 g/mol. The number of hydrogen-bond donors (Lipinski definition) is 1. The number of unbranched alkanes of at least 4 members (excludes halogenated alkanes) is 1. The van der Waals surface area contributed by atoms with Crippen LogP contribution in [0.2, 0.25) is 5.02 Å². The Morgan fingerprint density at radius 2 is 2.05 bits per heavy atom. The van der Waals surface area contributed by atoms with Crippen molar-refractivity contribution in [2.24, 2.45) is 0 Å². The van der Waals surface area contributed by atoms with Crippen molar-refractivity contribution in [1.29, 1.82) is 0 Å². The Kier molecular flexibility index (Phi) is 6.66. The van der Waals surface area contributed by atoms with Crippen LogP contribution in [0.3, 0.4) is 0 Å². The van der Waals surface area contributed by atoms with Crippen molar-refractivity contribution in [1.82, 2.24) is 5.32 Å². The van der Waals surface area contributed by atoms with Gasteiger partial charge in [-0.1, -0.05) is 24.4 Å². The van der Waals surface area contributed by atoms with Gasteiger partial charge in [0, 0.05) is 11.1 Å². The summed E-state index contributed by atoms with van der Waals surface area (Å²) in [7, 11) is 0. The Labute approximate surface area is 135 Å². The van der Waals surface area contributed by atoms with Gasteiger partial charge in [-0.05, 0) is 72.8 Å². The molecular formula is C16H23BrClNO. The highest BCUT2D eigenvalue weighted by molar-refractivity contribution is 9.10. The summed E-state index contributed by atoms with van der Waals surface area (Å²) >= 11 is 9.50. The van der Waals surface area contributed by atoms with Gasteiger partial charge in [-0.15, -0.1) is 0 Å². The molecule has 1 fully saturated rings. The van der Waals surface area contributed by atoms with E-state index in [9.17, 15) is 0 Å². The van der Waals surface area contributed by atoms with E-state index in [1.807, 2.05) is 19.1 Å². The van der Waals surface area contributed by atoms with E-state index in [2.05, 4.69) is 21.2 Å². The molecule has 0 aliphatic heterocycles. The summed E-state index contributed by atoms with van der Waals surface area (Å²) in [5.41, 5.74) is 1.08. The molecule has 0 heterocycles. The number of benzene rings is 1. The molecule has 112 valence electrons. The van der Waals surface area contributed by atoms with Crippen LogP contribution in [0.1, 0.15) is 44.1 Å². The molecule has 0 amide bonds. The number of rotatable bonds is 7. The maximum Gasteiger partial charge on any atom is 0.136 e. The van der Waals surface area contributed by atoms with Gasteiger partial charge in [0.05, 0.1) is 11.1 Å². The molecule has 4 heteroatoms. The molecule has 2 nitrogen and oxygen atoms in total. The van der Waals surface area contributed by atoms with Crippen LogP contribution < -0.4 is 10.1 Å². The van der Waals surface area contributed by atoms with Gasteiger partial charge < -0.3 is 10.1 Å². The molecule has 1 aromatic carbocycles. The molecule has 1 N–H and O–H groups in total. The summed E-state index contributed by atoms with van der Waals surface area (Å²) in [5, 5.41) is 4.37. The Balaban J connectivity index is 1.63. The predicted molar refractivity (Wildman–Crippen MR) is 88.9 cm³/mol. The molecular weight excluding hydrogens is 338 g/mol. The summed E-state index contributed by atoms with van der Waals surface area (Å²) in [6.45, 7) is 3.88. The van der Waals surface area contributed by atoms with Gasteiger partial charge in [-0.2, -0.15) is 0 Å². The summed E-state index contributed by atoms with van der Waals surface area (Å²) in [5.74, 6) is 0.915. The largest absolute Gasteiger partial charge is 0.492 e. The summed E-state index contributed by atoms with van der Waals surface area (Å²) < 4.78 is 6.80. The molecule has 1 aliphatic carbocycles. The Morgan fingerprint density at radius 1 is 1.30 bits per heavy atom. The summed E-state index contributed by atoms with van der Waals surface area (Å²) in [6.07, 6.45) is 7.74. The molecule has 1 saturated carbocycles. The van der Waals surface area contributed by atoms with Crippen molar-refractivity contribution < 1.29 is 4.74 Å². The summed E-state index contributed by atoms with van der Waals surface area (Å²) in [4.78, 5) is 0. The zero-order chi connectivity index (χ0) is 14.4. The quantitative estimate of drug-likeness (QED) is 0.683. The molecule has 0 aromatic heterocycles. The van der Waals surface area contributed by atoms with Gasteiger partial charge >= 0.3 is 0 Å². The first-order valence-electron chi connectivity index (χ1n) is 7.48. The number of ether oxygens (including phenoxy) is 1. The van der Waals surface area contributed by atoms with E-state index in [1.165, 1.54) is 32.1 Å². The average molecular weight is 361 g/mol. The number of halogens is 2. The highest BCUT2D eigenvalue weighted by Crippen LogP contribution is 2.32. The van der Waals surface area contributed by atoms with Crippen molar-refractivity contribution in [2.75, 3.05) is 13.2 Å². The summed E-state index contributed by atoms with van der Waals surface area (Å²) in [6, 6.07) is 4.58. The van der Waals surface area contributed by atoms with Crippen LogP contribution in [0.5, 0.6) is 5.75 Å². The normalized spacial score (nSPS) is 15.8. The lowest BCUT2D eigenvalue weighted by atomic mass is 10.2. The second-order valence-corrected chi connectivity index (χ2v) is 6.82. The lowest BCUT2D eigenvalue weighted by Gasteiger charge is -2.13. The number of hydrogen-bond acceptors (Lipinski definition) is 2. The Bertz CT molecular complexity index is 409. The standard InChI is InChI=1S/C16H23BrClNO/c1-12-10-13(18)11-15(17)16(12)20-9-5-4-8-19-14-6-2-3-7-14/h10-11,14,19H,2-9H2,1H3. The zero-order valence-corrected chi connectivity index (χ0v) is 14.4. The van der Waals surface area contributed by atoms with E-state index in [1.54, 1.807) is 0 Å².